The van der Waals surface area contributed by atoms with E-state index in [-0.39, 0.29) is 43.7 Å². The first-order valence-electron chi connectivity index (χ1n) is 23.4. The summed E-state index contributed by atoms with van der Waals surface area (Å²) in [6, 6.07) is -0.692. The molecule has 18 nitrogen and oxygen atoms in total. The van der Waals surface area contributed by atoms with Gasteiger partial charge in [0.1, 0.15) is 48.5 Å². The number of likely N-dealkylation sites (N-methyl/N-ethyl adjacent to an activating group) is 1. The van der Waals surface area contributed by atoms with Crippen LogP contribution in [0.15, 0.2) is 12.2 Å². The molecule has 5 aliphatic heterocycles. The molecule has 23 atom stereocenters. The first kappa shape index (κ1) is 53.9. The Bertz CT molecular complexity index is 1600. The second-order valence-electron chi connectivity index (χ2n) is 19.9. The predicted octanol–water partition coefficient (Wildman–Crippen LogP) is 2.32. The minimum atomic E-state index is -1.35. The highest BCUT2D eigenvalue weighted by atomic mass is 16.7. The molecule has 4 N–H and O–H groups in total. The molecule has 0 radical (unpaired) electrons. The SMILES string of the molecule is CC[C@H]1OC(=O)C[C@@H](O)[C@H](C)[C@@H](O[C@@H]2OC(C)[C@@H](O[C@H]3CC(C)(O)[C@@H](C)C(C)O3)C(N(C)C)C2O)[C@@H](CC=O)C[C@@H](C)C(=O)/C=C/[C@]2(C)O[C@H]2[C@@H]1CO[C@@H]1OC(C)[C@@H](O)[C@H](OC)C1OC. The number of ether oxygens (including phenoxy) is 10. The lowest BCUT2D eigenvalue weighted by atomic mass is 9.79. The van der Waals surface area contributed by atoms with Crippen LogP contribution in [0.5, 0.6) is 0 Å². The average molecular weight is 930 g/mol. The third-order valence-corrected chi connectivity index (χ3v) is 14.9. The van der Waals surface area contributed by atoms with Gasteiger partial charge >= 0.3 is 5.97 Å². The maximum absolute atomic E-state index is 13.9. The van der Waals surface area contributed by atoms with Gasteiger partial charge in [-0.2, -0.15) is 0 Å². The van der Waals surface area contributed by atoms with Gasteiger partial charge in [0.15, 0.2) is 24.7 Å². The monoisotopic (exact) mass is 930 g/mol. The third-order valence-electron chi connectivity index (χ3n) is 14.9. The number of allylic oxidation sites excluding steroid dienone is 1. The van der Waals surface area contributed by atoms with E-state index in [4.69, 9.17) is 47.4 Å². The van der Waals surface area contributed by atoms with E-state index in [0.717, 1.165) is 6.29 Å². The number of esters is 1. The van der Waals surface area contributed by atoms with Gasteiger partial charge in [0.2, 0.25) is 0 Å². The number of aldehydes is 1. The van der Waals surface area contributed by atoms with E-state index in [0.29, 0.717) is 6.42 Å². The summed E-state index contributed by atoms with van der Waals surface area (Å²) in [4.78, 5) is 41.9. The number of aliphatic hydroxyl groups excluding tert-OH is 3. The number of fused-ring (bicyclic) bond motifs is 1. The minimum Gasteiger partial charge on any atom is -0.462 e. The van der Waals surface area contributed by atoms with Crippen LogP contribution in [0.4, 0.5) is 0 Å². The molecule has 0 amide bonds. The van der Waals surface area contributed by atoms with Crippen LogP contribution in [0, 0.1) is 29.6 Å². The summed E-state index contributed by atoms with van der Waals surface area (Å²) in [7, 11) is 6.52. The molecule has 374 valence electrons. The molecule has 18 heteroatoms. The van der Waals surface area contributed by atoms with E-state index in [1.54, 1.807) is 59.7 Å². The molecule has 0 bridgehead atoms. The van der Waals surface area contributed by atoms with Crippen molar-refractivity contribution >= 4 is 18.0 Å². The third kappa shape index (κ3) is 12.4. The molecule has 0 spiro atoms. The Labute approximate surface area is 384 Å². The maximum Gasteiger partial charge on any atom is 0.308 e. The Morgan fingerprint density at radius 2 is 1.52 bits per heavy atom. The summed E-state index contributed by atoms with van der Waals surface area (Å²) in [6.45, 7) is 16.2. The van der Waals surface area contributed by atoms with Crippen molar-refractivity contribution in [3.05, 3.63) is 12.2 Å². The lowest BCUT2D eigenvalue weighted by molar-refractivity contribution is -0.338. The van der Waals surface area contributed by atoms with Crippen LogP contribution in [0.3, 0.4) is 0 Å². The first-order valence-corrected chi connectivity index (χ1v) is 23.4. The van der Waals surface area contributed by atoms with Crippen LogP contribution in [-0.4, -0.2) is 188 Å². The Hall–Kier alpha value is -2.01. The first-order chi connectivity index (χ1) is 30.5. The van der Waals surface area contributed by atoms with E-state index < -0.39 is 139 Å². The Morgan fingerprint density at radius 3 is 2.12 bits per heavy atom. The van der Waals surface area contributed by atoms with Gasteiger partial charge in [-0.25, -0.2) is 0 Å². The highest BCUT2D eigenvalue weighted by Gasteiger charge is 2.58. The van der Waals surface area contributed by atoms with Crippen molar-refractivity contribution in [2.45, 2.75) is 204 Å². The standard InChI is InChI=1S/C47H79NO17/c1-14-33-30(22-58-45-42(57-13)41(56-12)37(53)27(6)60-45)43-47(9,65-43)17-15-31(50)23(2)19-29(16-18-49)39(24(3)32(51)20-34(52)62-33)64-44-38(54)36(48(10)11)40(28(7)61-44)63-35-21-46(8,55)25(4)26(5)59-35/h15,17-18,23-30,32-33,35-45,51,53-55H,14,16,19-22H2,1-13H3/b17-15+/t23-,24+,25+,26?,27?,28?,29+,30-,32-,33-,35+,36?,37-,38?,39-,40-,41+,42?,43+,44+,45-,46?,47+/m1/s1. The molecule has 4 fully saturated rings. The molecule has 5 aliphatic rings. The molecular formula is C47H79NO17. The lowest BCUT2D eigenvalue weighted by Crippen LogP contribution is -2.65. The van der Waals surface area contributed by atoms with E-state index in [1.165, 1.54) is 20.3 Å². The fourth-order valence-corrected chi connectivity index (χ4v) is 10.3. The second kappa shape index (κ2) is 22.6. The van der Waals surface area contributed by atoms with Crippen molar-refractivity contribution in [1.82, 2.24) is 4.90 Å². The van der Waals surface area contributed by atoms with Crippen LogP contribution >= 0.6 is 0 Å². The number of aliphatic hydroxyl groups is 4. The topological polar surface area (TPSA) is 231 Å². The highest BCUT2D eigenvalue weighted by Crippen LogP contribution is 2.46. The molecule has 5 rings (SSSR count). The zero-order valence-corrected chi connectivity index (χ0v) is 40.6. The van der Waals surface area contributed by atoms with E-state index in [9.17, 15) is 34.8 Å². The number of carbonyl (C=O) groups excluding carboxylic acids is 3. The van der Waals surface area contributed by atoms with Crippen molar-refractivity contribution < 1.29 is 82.2 Å². The fourth-order valence-electron chi connectivity index (χ4n) is 10.3. The summed E-state index contributed by atoms with van der Waals surface area (Å²) in [6.07, 6.45) is -8.68. The quantitative estimate of drug-likeness (QED) is 0.118. The predicted molar refractivity (Wildman–Crippen MR) is 233 cm³/mol. The summed E-state index contributed by atoms with van der Waals surface area (Å²) in [5, 5.41) is 45.7. The van der Waals surface area contributed by atoms with Crippen LogP contribution < -0.4 is 0 Å². The Kier molecular flexibility index (Phi) is 18.8. The van der Waals surface area contributed by atoms with Gasteiger partial charge < -0.3 is 77.5 Å². The summed E-state index contributed by atoms with van der Waals surface area (Å²) in [5.74, 6) is -3.73. The van der Waals surface area contributed by atoms with Crippen LogP contribution in [0.2, 0.25) is 0 Å². The molecular weight excluding hydrogens is 851 g/mol. The fraction of sp³-hybridized carbons (Fsp3) is 0.894. The molecule has 0 aliphatic carbocycles. The number of epoxide rings is 1. The number of hydrogen-bond donors (Lipinski definition) is 4. The van der Waals surface area contributed by atoms with Gasteiger partial charge in [-0.05, 0) is 79.6 Å². The smallest absolute Gasteiger partial charge is 0.308 e. The zero-order valence-electron chi connectivity index (χ0n) is 40.6. The second-order valence-corrected chi connectivity index (χ2v) is 19.9. The van der Waals surface area contributed by atoms with E-state index in [2.05, 4.69) is 0 Å². The van der Waals surface area contributed by atoms with Gasteiger partial charge in [0.25, 0.3) is 0 Å². The summed E-state index contributed by atoms with van der Waals surface area (Å²) in [5.41, 5.74) is -1.98. The largest absolute Gasteiger partial charge is 0.462 e. The molecule has 0 saturated carbocycles. The van der Waals surface area contributed by atoms with Gasteiger partial charge in [-0.3, -0.25) is 9.59 Å². The number of rotatable bonds is 13. The molecule has 0 aromatic carbocycles. The van der Waals surface area contributed by atoms with E-state index >= 15 is 0 Å². The van der Waals surface area contributed by atoms with E-state index in [1.807, 2.05) is 27.7 Å². The molecule has 7 unspecified atom stereocenters. The normalized spacial score (nSPS) is 48.6. The van der Waals surface area contributed by atoms with Gasteiger partial charge in [0, 0.05) is 50.7 Å². The average Bonchev–Trinajstić information content (AvgIpc) is 3.91. The zero-order chi connectivity index (χ0) is 48.3. The highest BCUT2D eigenvalue weighted by molar-refractivity contribution is 5.91. The van der Waals surface area contributed by atoms with Crippen molar-refractivity contribution in [2.24, 2.45) is 29.6 Å². The maximum atomic E-state index is 13.9. The number of nitrogens with zero attached hydrogens (tertiary/aromatic N) is 1. The van der Waals surface area contributed by atoms with Gasteiger partial charge in [-0.15, -0.1) is 0 Å². The molecule has 4 saturated heterocycles. The number of carbonyl (C=O) groups is 3. The number of hydrogen-bond acceptors (Lipinski definition) is 18. The van der Waals surface area contributed by atoms with Crippen molar-refractivity contribution in [3.8, 4) is 0 Å². The molecule has 0 aromatic rings. The molecule has 5 heterocycles. The van der Waals surface area contributed by atoms with Crippen molar-refractivity contribution in [3.63, 3.8) is 0 Å². The summed E-state index contributed by atoms with van der Waals surface area (Å²) < 4.78 is 61.6. The lowest BCUT2D eigenvalue weighted by Gasteiger charge is -2.50. The van der Waals surface area contributed by atoms with Crippen molar-refractivity contribution in [2.75, 3.05) is 34.9 Å². The van der Waals surface area contributed by atoms with Crippen LogP contribution in [0.25, 0.3) is 0 Å². The number of cyclic esters (lactones) is 1. The summed E-state index contributed by atoms with van der Waals surface area (Å²) >= 11 is 0. The van der Waals surface area contributed by atoms with Crippen LogP contribution in [-0.2, 0) is 61.8 Å². The molecule has 65 heavy (non-hydrogen) atoms. The Balaban J connectivity index is 1.40. The minimum absolute atomic E-state index is 0.0228. The number of methoxy groups -OCH3 is 2. The van der Waals surface area contributed by atoms with Crippen molar-refractivity contribution in [1.29, 1.82) is 0 Å². The molecule has 0 aromatic heterocycles. The van der Waals surface area contributed by atoms with Crippen LogP contribution in [0.1, 0.15) is 94.4 Å². The van der Waals surface area contributed by atoms with Gasteiger partial charge in [-0.1, -0.05) is 27.7 Å². The number of ketones is 1. The van der Waals surface area contributed by atoms with Gasteiger partial charge in [0.05, 0.1) is 61.3 Å². The Morgan fingerprint density at radius 1 is 0.862 bits per heavy atom.